The first-order chi connectivity index (χ1) is 14.8. The van der Waals surface area contributed by atoms with E-state index in [1.54, 1.807) is 11.1 Å². The topological polar surface area (TPSA) is 69.6 Å². The third-order valence-corrected chi connectivity index (χ3v) is 9.41. The van der Waals surface area contributed by atoms with Gasteiger partial charge in [0.25, 0.3) is 0 Å². The van der Waals surface area contributed by atoms with E-state index >= 15 is 0 Å². The van der Waals surface area contributed by atoms with E-state index < -0.39 is 11.4 Å². The summed E-state index contributed by atoms with van der Waals surface area (Å²) in [5.41, 5.74) is 4.04. The molecule has 31 heavy (non-hydrogen) atoms. The Morgan fingerprint density at radius 1 is 1.19 bits per heavy atom. The summed E-state index contributed by atoms with van der Waals surface area (Å²) in [6, 6.07) is 0.730. The molecule has 0 aromatic heterocycles. The molecule has 5 unspecified atom stereocenters. The van der Waals surface area contributed by atoms with Crippen molar-refractivity contribution < 1.29 is 14.7 Å². The quantitative estimate of drug-likeness (QED) is 0.692. The number of piperidine rings is 2. The number of amides is 1. The molecule has 0 radical (unpaired) electrons. The van der Waals surface area contributed by atoms with Crippen LogP contribution in [0.15, 0.2) is 22.9 Å². The molecule has 1 amide bonds. The molecule has 3 heterocycles. The molecular weight excluding hydrogens is 388 g/mol. The standard InChI is InChI=1S/C26H36N2O3/c1-14-5-20(17-3-4-17)24-21(13-27-22(24)6-14)15(2)7-23(29)28-18-8-16-9-19(28)12-26(10-16,11-18)25(30)31/h13-19,22,27H,3-12H2,1-2H3,(H,30,31). The molecule has 5 nitrogen and oxygen atoms in total. The van der Waals surface area contributed by atoms with Gasteiger partial charge in [-0.15, -0.1) is 0 Å². The number of aliphatic carboxylic acids is 1. The highest BCUT2D eigenvalue weighted by Gasteiger charge is 2.59. The normalized spacial score (nSPS) is 41.7. The van der Waals surface area contributed by atoms with Gasteiger partial charge in [0.2, 0.25) is 5.91 Å². The molecule has 2 saturated heterocycles. The van der Waals surface area contributed by atoms with Gasteiger partial charge in [0.15, 0.2) is 0 Å². The van der Waals surface area contributed by atoms with E-state index in [9.17, 15) is 14.7 Å². The average molecular weight is 425 g/mol. The number of carboxylic acids is 1. The fourth-order valence-corrected chi connectivity index (χ4v) is 8.12. The number of fused-ring (bicyclic) bond motifs is 1. The summed E-state index contributed by atoms with van der Waals surface area (Å²) in [4.78, 5) is 27.7. The lowest BCUT2D eigenvalue weighted by molar-refractivity contribution is -0.178. The van der Waals surface area contributed by atoms with E-state index in [1.165, 1.54) is 31.3 Å². The van der Waals surface area contributed by atoms with Crippen molar-refractivity contribution in [2.45, 2.75) is 96.2 Å². The second kappa shape index (κ2) is 6.86. The molecule has 0 aromatic rings. The Labute approximate surface area is 185 Å². The molecule has 7 rings (SSSR count). The molecule has 5 atom stereocenters. The lowest BCUT2D eigenvalue weighted by Crippen LogP contribution is -2.65. The number of nitrogens with zero attached hydrogens (tertiary/aromatic N) is 1. The summed E-state index contributed by atoms with van der Waals surface area (Å²) >= 11 is 0. The number of hydrogen-bond donors (Lipinski definition) is 2. The Morgan fingerprint density at radius 2 is 1.90 bits per heavy atom. The molecule has 3 saturated carbocycles. The summed E-state index contributed by atoms with van der Waals surface area (Å²) < 4.78 is 0. The number of carbonyl (C=O) groups is 2. The minimum Gasteiger partial charge on any atom is -0.481 e. The number of rotatable bonds is 5. The van der Waals surface area contributed by atoms with Crippen LogP contribution >= 0.6 is 0 Å². The van der Waals surface area contributed by atoms with Crippen molar-refractivity contribution in [3.8, 4) is 0 Å². The average Bonchev–Trinajstić information content (AvgIpc) is 3.45. The van der Waals surface area contributed by atoms with Crippen molar-refractivity contribution in [1.29, 1.82) is 0 Å². The van der Waals surface area contributed by atoms with Gasteiger partial charge >= 0.3 is 5.97 Å². The smallest absolute Gasteiger partial charge is 0.309 e. The fourth-order valence-electron chi connectivity index (χ4n) is 8.12. The van der Waals surface area contributed by atoms with Gasteiger partial charge in [0.1, 0.15) is 0 Å². The van der Waals surface area contributed by atoms with Gasteiger partial charge < -0.3 is 15.3 Å². The first kappa shape index (κ1) is 19.9. The van der Waals surface area contributed by atoms with Crippen LogP contribution in [0.25, 0.3) is 0 Å². The van der Waals surface area contributed by atoms with Crippen LogP contribution in [0.2, 0.25) is 0 Å². The van der Waals surface area contributed by atoms with Gasteiger partial charge in [-0.25, -0.2) is 0 Å². The Balaban J connectivity index is 1.20. The van der Waals surface area contributed by atoms with Crippen LogP contribution < -0.4 is 5.32 Å². The van der Waals surface area contributed by atoms with Gasteiger partial charge in [0.05, 0.1) is 11.5 Å². The molecule has 4 aliphatic carbocycles. The van der Waals surface area contributed by atoms with Crippen LogP contribution in [0.4, 0.5) is 0 Å². The van der Waals surface area contributed by atoms with Crippen LogP contribution in [0.5, 0.6) is 0 Å². The van der Waals surface area contributed by atoms with Crippen LogP contribution in [-0.2, 0) is 9.59 Å². The fraction of sp³-hybridized carbons (Fsp3) is 0.769. The molecule has 5 fully saturated rings. The Bertz CT molecular complexity index is 869. The van der Waals surface area contributed by atoms with Crippen molar-refractivity contribution in [2.75, 3.05) is 0 Å². The third-order valence-electron chi connectivity index (χ3n) is 9.41. The first-order valence-corrected chi connectivity index (χ1v) is 12.6. The molecule has 7 aliphatic rings. The Morgan fingerprint density at radius 3 is 2.55 bits per heavy atom. The van der Waals surface area contributed by atoms with Crippen molar-refractivity contribution in [3.63, 3.8) is 0 Å². The predicted octanol–water partition coefficient (Wildman–Crippen LogP) is 4.25. The highest BCUT2D eigenvalue weighted by Crippen LogP contribution is 2.56. The monoisotopic (exact) mass is 424 g/mol. The highest BCUT2D eigenvalue weighted by atomic mass is 16.4. The maximum Gasteiger partial charge on any atom is 0.309 e. The SMILES string of the molecule is CC1CC(C2CC2)=C2C(C(C)CC(=O)N3C4CC5CC3CC(C(=O)O)(C5)C4)=CNC2C1. The van der Waals surface area contributed by atoms with E-state index in [4.69, 9.17) is 0 Å². The summed E-state index contributed by atoms with van der Waals surface area (Å²) in [7, 11) is 0. The van der Waals surface area contributed by atoms with Gasteiger partial charge in [-0.3, -0.25) is 9.59 Å². The van der Waals surface area contributed by atoms with Gasteiger partial charge in [-0.1, -0.05) is 19.4 Å². The van der Waals surface area contributed by atoms with Crippen molar-refractivity contribution in [3.05, 3.63) is 22.9 Å². The minimum absolute atomic E-state index is 0.141. The van der Waals surface area contributed by atoms with Crippen molar-refractivity contribution >= 4 is 11.9 Å². The molecule has 0 aromatic carbocycles. The number of carboxylic acid groups (broad SMARTS) is 1. The molecule has 4 bridgehead atoms. The molecular formula is C26H36N2O3. The molecule has 0 spiro atoms. The van der Waals surface area contributed by atoms with Gasteiger partial charge in [0, 0.05) is 24.7 Å². The summed E-state index contributed by atoms with van der Waals surface area (Å²) in [6.45, 7) is 4.59. The van der Waals surface area contributed by atoms with Crippen LogP contribution in [-0.4, -0.2) is 40.0 Å². The second-order valence-electron chi connectivity index (χ2n) is 11.8. The molecule has 168 valence electrons. The zero-order chi connectivity index (χ0) is 21.5. The Kier molecular flexibility index (Phi) is 4.40. The lowest BCUT2D eigenvalue weighted by atomic mass is 9.55. The first-order valence-electron chi connectivity index (χ1n) is 12.6. The lowest BCUT2D eigenvalue weighted by Gasteiger charge is -2.60. The molecule has 5 heteroatoms. The van der Waals surface area contributed by atoms with Crippen LogP contribution in [0.1, 0.15) is 78.1 Å². The number of nitrogens with one attached hydrogen (secondary N) is 1. The van der Waals surface area contributed by atoms with Gasteiger partial charge in [-0.05, 0) is 92.6 Å². The Hall–Kier alpha value is -1.78. The maximum absolute atomic E-state index is 13.5. The zero-order valence-corrected chi connectivity index (χ0v) is 18.9. The van der Waals surface area contributed by atoms with Crippen molar-refractivity contribution in [2.24, 2.45) is 29.1 Å². The maximum atomic E-state index is 13.5. The zero-order valence-electron chi connectivity index (χ0n) is 18.9. The summed E-state index contributed by atoms with van der Waals surface area (Å²) in [6.07, 6.45) is 12.0. The van der Waals surface area contributed by atoms with E-state index in [2.05, 4.69) is 30.3 Å². The highest BCUT2D eigenvalue weighted by molar-refractivity contribution is 5.80. The second-order valence-corrected chi connectivity index (χ2v) is 11.8. The number of hydrogen-bond acceptors (Lipinski definition) is 3. The van der Waals surface area contributed by atoms with Crippen molar-refractivity contribution in [1.82, 2.24) is 10.2 Å². The molecule has 3 aliphatic heterocycles. The number of carbonyl (C=O) groups excluding carboxylic acids is 1. The third kappa shape index (κ3) is 3.09. The largest absolute Gasteiger partial charge is 0.481 e. The van der Waals surface area contributed by atoms with E-state index in [-0.39, 0.29) is 23.9 Å². The van der Waals surface area contributed by atoms with E-state index in [0.717, 1.165) is 31.1 Å². The summed E-state index contributed by atoms with van der Waals surface area (Å²) in [5.74, 6) is 1.85. The summed E-state index contributed by atoms with van der Waals surface area (Å²) in [5, 5.41) is 13.5. The predicted molar refractivity (Wildman–Crippen MR) is 118 cm³/mol. The van der Waals surface area contributed by atoms with Crippen LogP contribution in [0.3, 0.4) is 0 Å². The van der Waals surface area contributed by atoms with Gasteiger partial charge in [-0.2, -0.15) is 0 Å². The van der Waals surface area contributed by atoms with E-state index in [0.29, 0.717) is 31.2 Å². The minimum atomic E-state index is -0.633. The van der Waals surface area contributed by atoms with E-state index in [1.807, 2.05) is 0 Å². The molecule has 2 N–H and O–H groups in total. The van der Waals surface area contributed by atoms with Crippen LogP contribution in [0, 0.1) is 29.1 Å². The number of allylic oxidation sites excluding steroid dienone is 1.